The van der Waals surface area contributed by atoms with Gasteiger partial charge in [0.05, 0.1) is 0 Å². The zero-order chi connectivity index (χ0) is 9.84. The zero-order valence-corrected chi connectivity index (χ0v) is 10.9. The Labute approximate surface area is 104 Å². The monoisotopic (exact) mass is 257 g/mol. The Bertz CT molecular complexity index is 190. The van der Waals surface area contributed by atoms with Gasteiger partial charge in [-0.3, -0.25) is 4.79 Å². The van der Waals surface area contributed by atoms with Crippen LogP contribution in [-0.4, -0.2) is 55.5 Å². The van der Waals surface area contributed by atoms with Crippen molar-refractivity contribution < 1.29 is 4.79 Å². The van der Waals surface area contributed by atoms with Crippen LogP contribution in [0.25, 0.3) is 0 Å². The van der Waals surface area contributed by atoms with Crippen LogP contribution in [0.4, 0.5) is 0 Å². The van der Waals surface area contributed by atoms with E-state index in [1.165, 1.54) is 0 Å². The van der Waals surface area contributed by atoms with Crippen LogP contribution < -0.4 is 5.73 Å². The van der Waals surface area contributed by atoms with Crippen LogP contribution in [0.3, 0.4) is 0 Å². The van der Waals surface area contributed by atoms with Gasteiger partial charge in [-0.1, -0.05) is 0 Å². The molecule has 0 aromatic rings. The maximum absolute atomic E-state index is 11.3. The molecule has 4 nitrogen and oxygen atoms in total. The molecule has 1 rings (SSSR count). The SMILES string of the molecule is CN(C)CCCN1CC(N)CC1=O.Cl.Cl. The molecule has 2 N–H and O–H groups in total. The standard InChI is InChI=1S/C9H19N3O.2ClH/c1-11(2)4-3-5-12-7-8(10)6-9(12)13;;/h8H,3-7,10H2,1-2H3;2*1H. The summed E-state index contributed by atoms with van der Waals surface area (Å²) in [7, 11) is 4.08. The van der Waals surface area contributed by atoms with Crippen molar-refractivity contribution in [2.75, 3.05) is 33.7 Å². The van der Waals surface area contributed by atoms with E-state index in [1.54, 1.807) is 0 Å². The second kappa shape index (κ2) is 8.16. The summed E-state index contributed by atoms with van der Waals surface area (Å²) in [6.07, 6.45) is 1.56. The third-order valence-corrected chi connectivity index (χ3v) is 2.28. The van der Waals surface area contributed by atoms with E-state index in [2.05, 4.69) is 4.90 Å². The topological polar surface area (TPSA) is 49.6 Å². The number of nitrogens with two attached hydrogens (primary N) is 1. The highest BCUT2D eigenvalue weighted by Gasteiger charge is 2.25. The maximum Gasteiger partial charge on any atom is 0.224 e. The lowest BCUT2D eigenvalue weighted by atomic mass is 10.3. The first-order valence-electron chi connectivity index (χ1n) is 4.77. The lowest BCUT2D eigenvalue weighted by Crippen LogP contribution is -2.30. The van der Waals surface area contributed by atoms with Gasteiger partial charge in [-0.05, 0) is 27.1 Å². The van der Waals surface area contributed by atoms with E-state index in [-0.39, 0.29) is 36.8 Å². The number of rotatable bonds is 4. The number of carbonyl (C=O) groups excluding carboxylic acids is 1. The van der Waals surface area contributed by atoms with E-state index in [0.717, 1.165) is 26.1 Å². The fourth-order valence-electron chi connectivity index (χ4n) is 1.60. The molecule has 1 amide bonds. The van der Waals surface area contributed by atoms with Gasteiger partial charge in [-0.2, -0.15) is 0 Å². The van der Waals surface area contributed by atoms with Gasteiger partial charge in [0.25, 0.3) is 0 Å². The summed E-state index contributed by atoms with van der Waals surface area (Å²) in [5.74, 6) is 0.214. The molecule has 0 aliphatic carbocycles. The molecule has 92 valence electrons. The van der Waals surface area contributed by atoms with Crippen molar-refractivity contribution in [2.45, 2.75) is 18.9 Å². The molecule has 1 fully saturated rings. The van der Waals surface area contributed by atoms with Gasteiger partial charge in [0.15, 0.2) is 0 Å². The Morgan fingerprint density at radius 2 is 2.07 bits per heavy atom. The summed E-state index contributed by atoms with van der Waals surface area (Å²) in [5, 5.41) is 0. The number of carbonyl (C=O) groups is 1. The Kier molecular flexibility index (Phi) is 9.45. The van der Waals surface area contributed by atoms with Crippen molar-refractivity contribution in [3.8, 4) is 0 Å². The third kappa shape index (κ3) is 6.20. The highest BCUT2D eigenvalue weighted by atomic mass is 35.5. The maximum atomic E-state index is 11.3. The van der Waals surface area contributed by atoms with Crippen molar-refractivity contribution in [3.63, 3.8) is 0 Å². The fraction of sp³-hybridized carbons (Fsp3) is 0.889. The van der Waals surface area contributed by atoms with Gasteiger partial charge in [-0.15, -0.1) is 24.8 Å². The van der Waals surface area contributed by atoms with E-state index in [4.69, 9.17) is 5.73 Å². The molecule has 1 heterocycles. The van der Waals surface area contributed by atoms with Crippen LogP contribution >= 0.6 is 24.8 Å². The minimum absolute atomic E-state index is 0. The van der Waals surface area contributed by atoms with Crippen molar-refractivity contribution in [1.82, 2.24) is 9.80 Å². The Morgan fingerprint density at radius 3 is 2.47 bits per heavy atom. The predicted molar refractivity (Wildman–Crippen MR) is 66.8 cm³/mol. The van der Waals surface area contributed by atoms with Crippen LogP contribution in [0.5, 0.6) is 0 Å². The first kappa shape index (κ1) is 17.4. The fourth-order valence-corrected chi connectivity index (χ4v) is 1.60. The Morgan fingerprint density at radius 1 is 1.47 bits per heavy atom. The average molecular weight is 258 g/mol. The van der Waals surface area contributed by atoms with Crippen molar-refractivity contribution in [1.29, 1.82) is 0 Å². The molecule has 1 aliphatic heterocycles. The van der Waals surface area contributed by atoms with Gasteiger partial charge < -0.3 is 15.5 Å². The van der Waals surface area contributed by atoms with Crippen molar-refractivity contribution >= 4 is 30.7 Å². The summed E-state index contributed by atoms with van der Waals surface area (Å²) in [6.45, 7) is 2.62. The van der Waals surface area contributed by atoms with Crippen LogP contribution in [-0.2, 0) is 4.79 Å². The van der Waals surface area contributed by atoms with Crippen LogP contribution in [0.1, 0.15) is 12.8 Å². The van der Waals surface area contributed by atoms with E-state index in [9.17, 15) is 4.79 Å². The molecule has 1 saturated heterocycles. The summed E-state index contributed by atoms with van der Waals surface area (Å²) in [5.41, 5.74) is 5.67. The second-order valence-electron chi connectivity index (χ2n) is 3.96. The van der Waals surface area contributed by atoms with E-state index in [0.29, 0.717) is 6.42 Å². The molecule has 0 aromatic heterocycles. The lowest BCUT2D eigenvalue weighted by molar-refractivity contribution is -0.127. The molecule has 0 spiro atoms. The minimum atomic E-state index is 0. The smallest absolute Gasteiger partial charge is 0.224 e. The Balaban J connectivity index is 0. The van der Waals surface area contributed by atoms with Gasteiger partial charge in [-0.25, -0.2) is 0 Å². The van der Waals surface area contributed by atoms with Crippen molar-refractivity contribution in [2.24, 2.45) is 5.73 Å². The summed E-state index contributed by atoms with van der Waals surface area (Å²) < 4.78 is 0. The van der Waals surface area contributed by atoms with Gasteiger partial charge in [0.1, 0.15) is 0 Å². The van der Waals surface area contributed by atoms with E-state index in [1.807, 2.05) is 19.0 Å². The first-order valence-corrected chi connectivity index (χ1v) is 4.77. The second-order valence-corrected chi connectivity index (χ2v) is 3.96. The van der Waals surface area contributed by atoms with Gasteiger partial charge >= 0.3 is 0 Å². The van der Waals surface area contributed by atoms with E-state index < -0.39 is 0 Å². The molecule has 0 aromatic carbocycles. The number of hydrogen-bond acceptors (Lipinski definition) is 3. The number of likely N-dealkylation sites (tertiary alicyclic amines) is 1. The molecule has 0 radical (unpaired) electrons. The van der Waals surface area contributed by atoms with Gasteiger partial charge in [0.2, 0.25) is 5.91 Å². The zero-order valence-electron chi connectivity index (χ0n) is 9.31. The quantitative estimate of drug-likeness (QED) is 0.791. The minimum Gasteiger partial charge on any atom is -0.341 e. The molecule has 1 aliphatic rings. The predicted octanol–water partition coefficient (Wildman–Crippen LogP) is 0.341. The van der Waals surface area contributed by atoms with Crippen LogP contribution in [0.2, 0.25) is 0 Å². The van der Waals surface area contributed by atoms with Crippen LogP contribution in [0, 0.1) is 0 Å². The number of halogens is 2. The molecular weight excluding hydrogens is 237 g/mol. The largest absolute Gasteiger partial charge is 0.341 e. The molecule has 0 saturated carbocycles. The van der Waals surface area contributed by atoms with Crippen molar-refractivity contribution in [3.05, 3.63) is 0 Å². The van der Waals surface area contributed by atoms with Crippen LogP contribution in [0.15, 0.2) is 0 Å². The first-order chi connectivity index (χ1) is 6.09. The summed E-state index contributed by atoms with van der Waals surface area (Å²) in [6, 6.07) is 0.0619. The number of nitrogens with zero attached hydrogens (tertiary/aromatic N) is 2. The normalized spacial score (nSPS) is 20.1. The summed E-state index contributed by atoms with van der Waals surface area (Å²) in [4.78, 5) is 15.3. The number of hydrogen-bond donors (Lipinski definition) is 1. The average Bonchev–Trinajstić information content (AvgIpc) is 2.29. The highest BCUT2D eigenvalue weighted by Crippen LogP contribution is 2.08. The molecule has 1 atom stereocenters. The molecule has 6 heteroatoms. The third-order valence-electron chi connectivity index (χ3n) is 2.28. The highest BCUT2D eigenvalue weighted by molar-refractivity contribution is 5.85. The molecule has 15 heavy (non-hydrogen) atoms. The number of amides is 1. The molecule has 1 unspecified atom stereocenters. The molecular formula is C9H21Cl2N3O. The van der Waals surface area contributed by atoms with E-state index >= 15 is 0 Å². The lowest BCUT2D eigenvalue weighted by Gasteiger charge is -2.17. The summed E-state index contributed by atoms with van der Waals surface area (Å²) >= 11 is 0. The molecule has 0 bridgehead atoms. The Hall–Kier alpha value is -0.0300. The van der Waals surface area contributed by atoms with Gasteiger partial charge in [0, 0.05) is 25.6 Å².